The maximum Gasteiger partial charge on any atom is 0.265 e. The summed E-state index contributed by atoms with van der Waals surface area (Å²) in [4.78, 5) is 52.3. The number of aromatic nitrogens is 2. The molecule has 1 saturated carbocycles. The molecule has 1 fully saturated rings. The van der Waals surface area contributed by atoms with E-state index in [0.717, 1.165) is 11.1 Å². The molecule has 3 aliphatic carbocycles. The molecule has 2 N–H and O–H groups in total. The minimum atomic E-state index is -2.92. The van der Waals surface area contributed by atoms with Crippen LogP contribution in [-0.2, 0) is 28.9 Å². The van der Waals surface area contributed by atoms with Crippen LogP contribution in [0.2, 0.25) is 23.3 Å². The van der Waals surface area contributed by atoms with Crippen molar-refractivity contribution in [3.63, 3.8) is 0 Å². The Balaban J connectivity index is 1.37. The summed E-state index contributed by atoms with van der Waals surface area (Å²) in [5.74, 6) is -3.86. The Bertz CT molecular complexity index is 2080. The summed E-state index contributed by atoms with van der Waals surface area (Å²) in [5.41, 5.74) is 6.71. The van der Waals surface area contributed by atoms with Gasteiger partial charge in [0, 0.05) is 11.5 Å². The molecule has 0 aliphatic heterocycles. The summed E-state index contributed by atoms with van der Waals surface area (Å²) in [7, 11) is 0.819. The minimum Gasteiger partial charge on any atom is -0.484 e. The van der Waals surface area contributed by atoms with E-state index in [-0.39, 0.29) is 59.8 Å². The van der Waals surface area contributed by atoms with E-state index in [1.807, 2.05) is 114 Å². The lowest BCUT2D eigenvalue weighted by molar-refractivity contribution is -0.151. The van der Waals surface area contributed by atoms with Crippen molar-refractivity contribution in [2.75, 3.05) is 19.8 Å². The molecule has 0 spiro atoms. The number of halogens is 1. The quantitative estimate of drug-likeness (QED) is 0.104. The smallest absolute Gasteiger partial charge is 0.265 e. The molecule has 5 atom stereocenters. The number of nitrogens with two attached hydrogens (primary N) is 1. The number of hydrogen-bond acceptors (Lipinski definition) is 11. The Morgan fingerprint density at radius 3 is 2.15 bits per heavy atom. The van der Waals surface area contributed by atoms with Crippen molar-refractivity contribution in [2.45, 2.75) is 76.6 Å². The van der Waals surface area contributed by atoms with Crippen molar-refractivity contribution < 1.29 is 32.8 Å². The average Bonchev–Trinajstić information content (AvgIpc) is 3.52. The van der Waals surface area contributed by atoms with Gasteiger partial charge in [0.1, 0.15) is 23.9 Å². The minimum absolute atomic E-state index is 0.0187. The van der Waals surface area contributed by atoms with E-state index in [4.69, 9.17) is 35.8 Å². The Labute approximate surface area is 315 Å². The molecule has 0 amide bonds. The van der Waals surface area contributed by atoms with Gasteiger partial charge in [0.15, 0.2) is 42.8 Å². The van der Waals surface area contributed by atoms with Gasteiger partial charge in [-0.1, -0.05) is 93.0 Å². The highest BCUT2D eigenvalue weighted by atomic mass is 35.5. The zero-order valence-corrected chi connectivity index (χ0v) is 32.8. The molecule has 0 bridgehead atoms. The first-order valence-corrected chi connectivity index (χ1v) is 21.2. The van der Waals surface area contributed by atoms with Crippen molar-refractivity contribution in [1.82, 2.24) is 15.0 Å². The van der Waals surface area contributed by atoms with Gasteiger partial charge in [0.25, 0.3) is 5.88 Å². The van der Waals surface area contributed by atoms with Gasteiger partial charge in [-0.15, -0.1) is 0 Å². The number of ketones is 3. The Morgan fingerprint density at radius 2 is 1.57 bits per heavy atom. The molecule has 7 rings (SSSR count). The van der Waals surface area contributed by atoms with Crippen LogP contribution in [0.1, 0.15) is 76.4 Å². The van der Waals surface area contributed by atoms with Gasteiger partial charge in [0.05, 0.1) is 17.5 Å². The van der Waals surface area contributed by atoms with Gasteiger partial charge in [-0.05, 0) is 67.3 Å². The number of nitrogen functional groups attached to an aromatic ring is 1. The molecule has 13 heteroatoms. The predicted octanol–water partition coefficient (Wildman–Crippen LogP) is 7.28. The molecule has 278 valence electrons. The summed E-state index contributed by atoms with van der Waals surface area (Å²) in [6, 6.07) is 18.3. The number of anilines is 1. The maximum atomic E-state index is 15.6. The fourth-order valence-electron chi connectivity index (χ4n) is 7.97. The molecule has 0 radical (unpaired) electrons. The van der Waals surface area contributed by atoms with Crippen LogP contribution in [0.25, 0.3) is 0 Å². The lowest BCUT2D eigenvalue weighted by Gasteiger charge is -2.56. The topological polar surface area (TPSA) is 147 Å². The van der Waals surface area contributed by atoms with Crippen LogP contribution in [0, 0.1) is 17.8 Å². The summed E-state index contributed by atoms with van der Waals surface area (Å²) in [6.45, 7) is 10.4. The highest BCUT2D eigenvalue weighted by Gasteiger charge is 2.70. The van der Waals surface area contributed by atoms with E-state index >= 15 is 9.59 Å². The molecule has 2 aromatic heterocycles. The highest BCUT2D eigenvalue weighted by Crippen LogP contribution is 2.59. The Morgan fingerprint density at radius 1 is 0.962 bits per heavy atom. The van der Waals surface area contributed by atoms with Crippen LogP contribution in [0.15, 0.2) is 65.2 Å². The molecule has 53 heavy (non-hydrogen) atoms. The third-order valence-electron chi connectivity index (χ3n) is 11.5. The second-order valence-electron chi connectivity index (χ2n) is 16.1. The van der Waals surface area contributed by atoms with Crippen molar-refractivity contribution >= 4 is 43.1 Å². The molecular formula is C40H45ClN4O7Si. The van der Waals surface area contributed by atoms with Gasteiger partial charge in [-0.3, -0.25) is 19.3 Å². The molecule has 1 unspecified atom stereocenters. The average molecular weight is 757 g/mol. The zero-order chi connectivity index (χ0) is 38.0. The van der Waals surface area contributed by atoms with Crippen LogP contribution in [0.4, 0.5) is 5.82 Å². The fourth-order valence-corrected chi connectivity index (χ4v) is 9.69. The number of carbonyl (C=O) groups is 3. The lowest BCUT2D eigenvalue weighted by atomic mass is 9.54. The zero-order valence-electron chi connectivity index (χ0n) is 31.1. The SMILES string of the molecule is CN(C)[C@@H]1c2onc(OCc3ccccc3)c2C(=O)[C@@]2(O[Si](C)(C)C(C)(C)C)C(=O)C3C(=O)c4c(c(Cl)nc(N)c4OCc4ccccc4)C[C@H]3C[C@@H]12. The van der Waals surface area contributed by atoms with Crippen molar-refractivity contribution in [3.8, 4) is 11.6 Å². The Kier molecular flexibility index (Phi) is 9.41. The van der Waals surface area contributed by atoms with Crippen molar-refractivity contribution in [3.05, 3.63) is 99.4 Å². The van der Waals surface area contributed by atoms with Gasteiger partial charge < -0.3 is 24.2 Å². The molecular weight excluding hydrogens is 712 g/mol. The monoisotopic (exact) mass is 756 g/mol. The van der Waals surface area contributed by atoms with Crippen LogP contribution in [-0.4, -0.2) is 60.4 Å². The van der Waals surface area contributed by atoms with E-state index < -0.39 is 60.1 Å². The first-order chi connectivity index (χ1) is 25.1. The van der Waals surface area contributed by atoms with Crippen molar-refractivity contribution in [2.24, 2.45) is 17.8 Å². The first-order valence-electron chi connectivity index (χ1n) is 17.9. The number of rotatable bonds is 9. The molecule has 4 aromatic rings. The van der Waals surface area contributed by atoms with Gasteiger partial charge in [-0.25, -0.2) is 4.98 Å². The Hall–Kier alpha value is -4.36. The summed E-state index contributed by atoms with van der Waals surface area (Å²) in [6.07, 6.45) is 0.535. The molecule has 2 aromatic carbocycles. The standard InChI is InChI=1S/C40H45ClN4O7Si/c1-39(2,3)53(6,7)52-40-26(30(45(4)5)32-29(35(40)48)38(44-51-32)50-21-23-16-12-9-13-17-23)19-24-18-25-28(31(46)27(24)34(40)47)33(37(42)43-36(25)41)49-20-22-14-10-8-11-15-22/h8-17,24,26-27,30H,18-21H2,1-7H3,(H2,42,43)/t24-,26-,27?,30-,40-/m0/s1. The number of ether oxygens (including phenoxy) is 2. The van der Waals surface area contributed by atoms with Gasteiger partial charge in [0.2, 0.25) is 5.78 Å². The number of fused-ring (bicyclic) bond motifs is 4. The van der Waals surface area contributed by atoms with Crippen LogP contribution in [0.3, 0.4) is 0 Å². The van der Waals surface area contributed by atoms with Crippen LogP contribution < -0.4 is 15.2 Å². The van der Waals surface area contributed by atoms with E-state index in [1.54, 1.807) is 0 Å². The van der Waals surface area contributed by atoms with Crippen LogP contribution >= 0.6 is 11.6 Å². The summed E-state index contributed by atoms with van der Waals surface area (Å²) >= 11 is 6.72. The third kappa shape index (κ3) is 6.09. The summed E-state index contributed by atoms with van der Waals surface area (Å²) < 4.78 is 25.5. The number of nitrogens with zero attached hydrogens (tertiary/aromatic N) is 3. The van der Waals surface area contributed by atoms with E-state index in [1.165, 1.54) is 0 Å². The first kappa shape index (κ1) is 37.0. The van der Waals surface area contributed by atoms with Gasteiger partial charge >= 0.3 is 0 Å². The number of pyridine rings is 1. The molecule has 0 saturated heterocycles. The maximum absolute atomic E-state index is 15.6. The fraction of sp³-hybridized carbons (Fsp3) is 0.425. The molecule has 11 nitrogen and oxygen atoms in total. The lowest BCUT2D eigenvalue weighted by Crippen LogP contribution is -2.70. The highest BCUT2D eigenvalue weighted by molar-refractivity contribution is 6.74. The number of benzene rings is 2. The van der Waals surface area contributed by atoms with Gasteiger partial charge in [-0.2, -0.15) is 0 Å². The predicted molar refractivity (Wildman–Crippen MR) is 202 cm³/mol. The van der Waals surface area contributed by atoms with E-state index in [9.17, 15) is 4.79 Å². The van der Waals surface area contributed by atoms with E-state index in [2.05, 4.69) is 10.1 Å². The van der Waals surface area contributed by atoms with Crippen LogP contribution in [0.5, 0.6) is 11.6 Å². The number of carbonyl (C=O) groups excluding carboxylic acids is 3. The number of hydrogen-bond donors (Lipinski definition) is 1. The molecule has 3 aliphatic rings. The van der Waals surface area contributed by atoms with E-state index in [0.29, 0.717) is 11.3 Å². The second-order valence-corrected chi connectivity index (χ2v) is 21.2. The number of Topliss-reactive ketones (excluding diaryl/α,β-unsaturated/α-hetero) is 3. The third-order valence-corrected chi connectivity index (χ3v) is 16.3. The largest absolute Gasteiger partial charge is 0.484 e. The second kappa shape index (κ2) is 13.5. The molecule has 2 heterocycles. The summed E-state index contributed by atoms with van der Waals surface area (Å²) in [5, 5.41) is 3.94. The normalized spacial score (nSPS) is 24.0. The van der Waals surface area contributed by atoms with Crippen molar-refractivity contribution in [1.29, 1.82) is 0 Å².